The Labute approximate surface area is 107 Å². The second-order valence-electron chi connectivity index (χ2n) is 4.82. The molecule has 0 aliphatic rings. The van der Waals surface area contributed by atoms with E-state index < -0.39 is 0 Å². The minimum Gasteiger partial charge on any atom is -0.314 e. The van der Waals surface area contributed by atoms with Crippen molar-refractivity contribution in [2.45, 2.75) is 58.4 Å². The van der Waals surface area contributed by atoms with Crippen molar-refractivity contribution < 1.29 is 0 Å². The zero-order valence-corrected chi connectivity index (χ0v) is 11.4. The lowest BCUT2D eigenvalue weighted by Crippen LogP contribution is -2.30. The first-order chi connectivity index (χ1) is 8.36. The molecule has 1 N–H and O–H groups in total. The molecule has 1 unspecified atom stereocenters. The van der Waals surface area contributed by atoms with Crippen LogP contribution in [0.25, 0.3) is 0 Å². The molecule has 0 radical (unpaired) electrons. The normalized spacial score (nSPS) is 12.6. The molecule has 0 amide bonds. The van der Waals surface area contributed by atoms with Gasteiger partial charge in [-0.2, -0.15) is 0 Å². The van der Waals surface area contributed by atoms with Gasteiger partial charge in [-0.1, -0.05) is 63.4 Å². The van der Waals surface area contributed by atoms with Crippen molar-refractivity contribution in [2.75, 3.05) is 6.54 Å². The third-order valence-electron chi connectivity index (χ3n) is 3.23. The average Bonchev–Trinajstić information content (AvgIpc) is 2.37. The van der Waals surface area contributed by atoms with Crippen LogP contribution >= 0.6 is 0 Å². The standard InChI is InChI=1S/C16H27N/c1-3-5-12-16(9-4-2)17-14-13-15-10-7-6-8-11-15/h6-8,10-11,16-17H,3-5,9,12-14H2,1-2H3. The zero-order chi connectivity index (χ0) is 12.3. The SMILES string of the molecule is CCCCC(CCC)NCCc1ccccc1. The number of benzene rings is 1. The molecule has 0 aliphatic heterocycles. The Balaban J connectivity index is 2.22. The lowest BCUT2D eigenvalue weighted by molar-refractivity contribution is 0.438. The molecule has 0 spiro atoms. The minimum absolute atomic E-state index is 0.726. The van der Waals surface area contributed by atoms with Crippen LogP contribution in [0.3, 0.4) is 0 Å². The second-order valence-corrected chi connectivity index (χ2v) is 4.82. The fraction of sp³-hybridized carbons (Fsp3) is 0.625. The molecule has 1 aromatic carbocycles. The maximum absolute atomic E-state index is 3.70. The molecule has 1 heteroatoms. The molecule has 1 nitrogen and oxygen atoms in total. The van der Waals surface area contributed by atoms with E-state index in [1.807, 2.05) is 0 Å². The Morgan fingerprint density at radius 2 is 1.76 bits per heavy atom. The topological polar surface area (TPSA) is 12.0 Å². The summed E-state index contributed by atoms with van der Waals surface area (Å²) >= 11 is 0. The molecule has 1 atom stereocenters. The molecule has 1 rings (SSSR count). The van der Waals surface area contributed by atoms with Crippen molar-refractivity contribution >= 4 is 0 Å². The summed E-state index contributed by atoms with van der Waals surface area (Å²) in [6.45, 7) is 5.66. The maximum Gasteiger partial charge on any atom is 0.00670 e. The van der Waals surface area contributed by atoms with Gasteiger partial charge in [0.1, 0.15) is 0 Å². The summed E-state index contributed by atoms with van der Waals surface area (Å²) in [7, 11) is 0. The first kappa shape index (κ1) is 14.2. The monoisotopic (exact) mass is 233 g/mol. The second kappa shape index (κ2) is 9.23. The molecular formula is C16H27N. The predicted octanol–water partition coefficient (Wildman–Crippen LogP) is 4.18. The molecule has 1 aromatic rings. The van der Waals surface area contributed by atoms with E-state index in [1.165, 1.54) is 37.7 Å². The molecule has 0 fully saturated rings. The molecular weight excluding hydrogens is 206 g/mol. The Kier molecular flexibility index (Phi) is 7.74. The average molecular weight is 233 g/mol. The molecule has 0 aliphatic carbocycles. The number of hydrogen-bond acceptors (Lipinski definition) is 1. The van der Waals surface area contributed by atoms with Crippen LogP contribution in [0, 0.1) is 0 Å². The van der Waals surface area contributed by atoms with E-state index in [0.717, 1.165) is 19.0 Å². The van der Waals surface area contributed by atoms with Gasteiger partial charge in [0, 0.05) is 6.04 Å². The van der Waals surface area contributed by atoms with Gasteiger partial charge < -0.3 is 5.32 Å². The Morgan fingerprint density at radius 1 is 1.00 bits per heavy atom. The Morgan fingerprint density at radius 3 is 2.41 bits per heavy atom. The van der Waals surface area contributed by atoms with Crippen molar-refractivity contribution in [1.29, 1.82) is 0 Å². The van der Waals surface area contributed by atoms with Crippen molar-refractivity contribution in [3.05, 3.63) is 35.9 Å². The highest BCUT2D eigenvalue weighted by Gasteiger charge is 2.05. The van der Waals surface area contributed by atoms with E-state index in [0.29, 0.717) is 0 Å². The van der Waals surface area contributed by atoms with Crippen LogP contribution in [-0.4, -0.2) is 12.6 Å². The van der Waals surface area contributed by atoms with Gasteiger partial charge in [-0.25, -0.2) is 0 Å². The quantitative estimate of drug-likeness (QED) is 0.675. The van der Waals surface area contributed by atoms with Crippen LogP contribution in [-0.2, 0) is 6.42 Å². The zero-order valence-electron chi connectivity index (χ0n) is 11.4. The van der Waals surface area contributed by atoms with E-state index >= 15 is 0 Å². The summed E-state index contributed by atoms with van der Waals surface area (Å²) < 4.78 is 0. The molecule has 0 saturated heterocycles. The Hall–Kier alpha value is -0.820. The molecule has 0 heterocycles. The highest BCUT2D eigenvalue weighted by atomic mass is 14.9. The summed E-state index contributed by atoms with van der Waals surface area (Å²) in [5.41, 5.74) is 1.44. The van der Waals surface area contributed by atoms with E-state index in [4.69, 9.17) is 0 Å². The van der Waals surface area contributed by atoms with Gasteiger partial charge in [0.15, 0.2) is 0 Å². The van der Waals surface area contributed by atoms with Crippen molar-refractivity contribution in [3.8, 4) is 0 Å². The largest absolute Gasteiger partial charge is 0.314 e. The fourth-order valence-corrected chi connectivity index (χ4v) is 2.21. The lowest BCUT2D eigenvalue weighted by atomic mass is 10.0. The third-order valence-corrected chi connectivity index (χ3v) is 3.23. The highest BCUT2D eigenvalue weighted by Crippen LogP contribution is 2.07. The summed E-state index contributed by atoms with van der Waals surface area (Å²) in [5, 5.41) is 3.70. The van der Waals surface area contributed by atoms with Crippen LogP contribution in [0.2, 0.25) is 0 Å². The first-order valence-electron chi connectivity index (χ1n) is 7.14. The van der Waals surface area contributed by atoms with Crippen LogP contribution in [0.1, 0.15) is 51.5 Å². The number of rotatable bonds is 9. The van der Waals surface area contributed by atoms with Gasteiger partial charge in [-0.15, -0.1) is 0 Å². The molecule has 0 aromatic heterocycles. The van der Waals surface area contributed by atoms with Crippen LogP contribution in [0.5, 0.6) is 0 Å². The van der Waals surface area contributed by atoms with Gasteiger partial charge in [0.05, 0.1) is 0 Å². The van der Waals surface area contributed by atoms with Gasteiger partial charge >= 0.3 is 0 Å². The van der Waals surface area contributed by atoms with Crippen molar-refractivity contribution in [1.82, 2.24) is 5.32 Å². The fourth-order valence-electron chi connectivity index (χ4n) is 2.21. The van der Waals surface area contributed by atoms with Crippen LogP contribution in [0.15, 0.2) is 30.3 Å². The number of nitrogens with one attached hydrogen (secondary N) is 1. The smallest absolute Gasteiger partial charge is 0.00670 e. The lowest BCUT2D eigenvalue weighted by Gasteiger charge is -2.17. The predicted molar refractivity (Wildman–Crippen MR) is 76.4 cm³/mol. The minimum atomic E-state index is 0.726. The van der Waals surface area contributed by atoms with Gasteiger partial charge in [-0.3, -0.25) is 0 Å². The van der Waals surface area contributed by atoms with E-state index in [-0.39, 0.29) is 0 Å². The first-order valence-corrected chi connectivity index (χ1v) is 7.14. The van der Waals surface area contributed by atoms with Crippen LogP contribution in [0.4, 0.5) is 0 Å². The molecule has 96 valence electrons. The van der Waals surface area contributed by atoms with Gasteiger partial charge in [-0.05, 0) is 31.4 Å². The van der Waals surface area contributed by atoms with Crippen molar-refractivity contribution in [2.24, 2.45) is 0 Å². The van der Waals surface area contributed by atoms with E-state index in [1.54, 1.807) is 0 Å². The summed E-state index contributed by atoms with van der Waals surface area (Å²) in [6.07, 6.45) is 7.73. The van der Waals surface area contributed by atoms with Crippen LogP contribution < -0.4 is 5.32 Å². The van der Waals surface area contributed by atoms with Gasteiger partial charge in [0.25, 0.3) is 0 Å². The summed E-state index contributed by atoms with van der Waals surface area (Å²) in [5.74, 6) is 0. The van der Waals surface area contributed by atoms with E-state index in [9.17, 15) is 0 Å². The highest BCUT2D eigenvalue weighted by molar-refractivity contribution is 5.14. The number of unbranched alkanes of at least 4 members (excludes halogenated alkanes) is 1. The third kappa shape index (κ3) is 6.48. The maximum atomic E-state index is 3.70. The van der Waals surface area contributed by atoms with Gasteiger partial charge in [0.2, 0.25) is 0 Å². The Bertz CT molecular complexity index is 268. The summed E-state index contributed by atoms with van der Waals surface area (Å²) in [6, 6.07) is 11.5. The van der Waals surface area contributed by atoms with E-state index in [2.05, 4.69) is 49.5 Å². The summed E-state index contributed by atoms with van der Waals surface area (Å²) in [4.78, 5) is 0. The molecule has 0 bridgehead atoms. The van der Waals surface area contributed by atoms with Crippen molar-refractivity contribution in [3.63, 3.8) is 0 Å². The molecule has 17 heavy (non-hydrogen) atoms. The number of hydrogen-bond donors (Lipinski definition) is 1. The molecule has 0 saturated carbocycles.